The van der Waals surface area contributed by atoms with Gasteiger partial charge in [-0.3, -0.25) is 0 Å². The SMILES string of the molecule is Clc1ccc(CCOC2CCCNC2)cc1. The van der Waals surface area contributed by atoms with Gasteiger partial charge in [-0.2, -0.15) is 0 Å². The lowest BCUT2D eigenvalue weighted by molar-refractivity contribution is 0.0390. The minimum Gasteiger partial charge on any atom is -0.377 e. The topological polar surface area (TPSA) is 21.3 Å². The molecule has 1 aliphatic heterocycles. The van der Waals surface area contributed by atoms with Crippen molar-refractivity contribution >= 4 is 11.6 Å². The Morgan fingerprint density at radius 2 is 2.12 bits per heavy atom. The van der Waals surface area contributed by atoms with E-state index in [1.807, 2.05) is 12.1 Å². The van der Waals surface area contributed by atoms with Gasteiger partial charge in [0.15, 0.2) is 0 Å². The van der Waals surface area contributed by atoms with Crippen LogP contribution >= 0.6 is 11.6 Å². The molecule has 2 rings (SSSR count). The Bertz CT molecular complexity index is 306. The van der Waals surface area contributed by atoms with Crippen LogP contribution in [0.5, 0.6) is 0 Å². The van der Waals surface area contributed by atoms with E-state index in [-0.39, 0.29) is 0 Å². The zero-order valence-electron chi connectivity index (χ0n) is 9.42. The molecule has 2 nitrogen and oxygen atoms in total. The maximum absolute atomic E-state index is 5.83. The van der Waals surface area contributed by atoms with E-state index in [0.717, 1.165) is 31.1 Å². The van der Waals surface area contributed by atoms with Crippen molar-refractivity contribution in [3.63, 3.8) is 0 Å². The van der Waals surface area contributed by atoms with Crippen molar-refractivity contribution in [3.8, 4) is 0 Å². The molecule has 0 aromatic heterocycles. The van der Waals surface area contributed by atoms with E-state index in [0.29, 0.717) is 6.10 Å². The van der Waals surface area contributed by atoms with Crippen LogP contribution in [0.3, 0.4) is 0 Å². The molecule has 1 atom stereocenters. The second-order valence-electron chi connectivity index (χ2n) is 4.22. The van der Waals surface area contributed by atoms with E-state index in [2.05, 4.69) is 17.4 Å². The Balaban J connectivity index is 1.69. The van der Waals surface area contributed by atoms with Gasteiger partial charge in [-0.1, -0.05) is 23.7 Å². The molecule has 16 heavy (non-hydrogen) atoms. The second kappa shape index (κ2) is 6.24. The van der Waals surface area contributed by atoms with E-state index in [1.54, 1.807) is 0 Å². The molecule has 1 unspecified atom stereocenters. The van der Waals surface area contributed by atoms with Gasteiger partial charge >= 0.3 is 0 Å². The highest BCUT2D eigenvalue weighted by Crippen LogP contribution is 2.11. The van der Waals surface area contributed by atoms with Crippen molar-refractivity contribution in [1.82, 2.24) is 5.32 Å². The summed E-state index contributed by atoms with van der Waals surface area (Å²) < 4.78 is 5.82. The first-order valence-electron chi connectivity index (χ1n) is 5.91. The fraction of sp³-hybridized carbons (Fsp3) is 0.538. The summed E-state index contributed by atoms with van der Waals surface area (Å²) in [5.74, 6) is 0. The molecule has 0 spiro atoms. The first-order valence-corrected chi connectivity index (χ1v) is 6.29. The van der Waals surface area contributed by atoms with Crippen LogP contribution in [0.1, 0.15) is 18.4 Å². The summed E-state index contributed by atoms with van der Waals surface area (Å²) in [5.41, 5.74) is 1.29. The molecule has 0 amide bonds. The maximum atomic E-state index is 5.83. The first-order chi connectivity index (χ1) is 7.84. The van der Waals surface area contributed by atoms with Crippen LogP contribution in [0.15, 0.2) is 24.3 Å². The van der Waals surface area contributed by atoms with Gasteiger partial charge in [0, 0.05) is 11.6 Å². The molecule has 1 aromatic carbocycles. The number of nitrogens with one attached hydrogen (secondary N) is 1. The molecule has 0 saturated carbocycles. The van der Waals surface area contributed by atoms with Crippen molar-refractivity contribution in [3.05, 3.63) is 34.9 Å². The Labute approximate surface area is 102 Å². The van der Waals surface area contributed by atoms with Gasteiger partial charge < -0.3 is 10.1 Å². The number of ether oxygens (including phenoxy) is 1. The molecule has 1 aliphatic rings. The third kappa shape index (κ3) is 3.78. The number of piperidine rings is 1. The minimum absolute atomic E-state index is 0.404. The molecule has 0 bridgehead atoms. The maximum Gasteiger partial charge on any atom is 0.0700 e. The average molecular weight is 240 g/mol. The molecule has 1 fully saturated rings. The number of benzene rings is 1. The summed E-state index contributed by atoms with van der Waals surface area (Å²) >= 11 is 5.83. The molecule has 3 heteroatoms. The number of hydrogen-bond acceptors (Lipinski definition) is 2. The van der Waals surface area contributed by atoms with E-state index < -0.39 is 0 Å². The van der Waals surface area contributed by atoms with Crippen LogP contribution in [-0.2, 0) is 11.2 Å². The first kappa shape index (κ1) is 11.9. The van der Waals surface area contributed by atoms with Crippen LogP contribution in [-0.4, -0.2) is 25.8 Å². The molecule has 1 heterocycles. The van der Waals surface area contributed by atoms with E-state index in [4.69, 9.17) is 16.3 Å². The average Bonchev–Trinajstić information content (AvgIpc) is 2.33. The Hall–Kier alpha value is -0.570. The molecule has 0 aliphatic carbocycles. The third-order valence-electron chi connectivity index (χ3n) is 2.91. The Kier molecular flexibility index (Phi) is 4.64. The lowest BCUT2D eigenvalue weighted by Crippen LogP contribution is -2.35. The van der Waals surface area contributed by atoms with Crippen molar-refractivity contribution in [2.45, 2.75) is 25.4 Å². The van der Waals surface area contributed by atoms with Crippen molar-refractivity contribution in [2.75, 3.05) is 19.7 Å². The highest BCUT2D eigenvalue weighted by Gasteiger charge is 2.12. The highest BCUT2D eigenvalue weighted by molar-refractivity contribution is 6.30. The molecule has 1 saturated heterocycles. The van der Waals surface area contributed by atoms with E-state index in [1.165, 1.54) is 18.4 Å². The zero-order chi connectivity index (χ0) is 11.2. The van der Waals surface area contributed by atoms with E-state index in [9.17, 15) is 0 Å². The van der Waals surface area contributed by atoms with Crippen LogP contribution < -0.4 is 5.32 Å². The number of halogens is 1. The van der Waals surface area contributed by atoms with Gasteiger partial charge in [-0.05, 0) is 43.5 Å². The van der Waals surface area contributed by atoms with Crippen molar-refractivity contribution in [2.24, 2.45) is 0 Å². The predicted molar refractivity (Wildman–Crippen MR) is 67.0 cm³/mol. The lowest BCUT2D eigenvalue weighted by atomic mass is 10.1. The Morgan fingerprint density at radius 1 is 1.31 bits per heavy atom. The summed E-state index contributed by atoms with van der Waals surface area (Å²) in [6.07, 6.45) is 3.79. The zero-order valence-corrected chi connectivity index (χ0v) is 10.2. The monoisotopic (exact) mass is 239 g/mol. The summed E-state index contributed by atoms with van der Waals surface area (Å²) in [4.78, 5) is 0. The smallest absolute Gasteiger partial charge is 0.0700 e. The summed E-state index contributed by atoms with van der Waals surface area (Å²) in [7, 11) is 0. The van der Waals surface area contributed by atoms with Gasteiger partial charge in [0.05, 0.1) is 12.7 Å². The minimum atomic E-state index is 0.404. The van der Waals surface area contributed by atoms with Gasteiger partial charge in [-0.15, -0.1) is 0 Å². The van der Waals surface area contributed by atoms with Gasteiger partial charge in [0.1, 0.15) is 0 Å². The number of rotatable bonds is 4. The normalized spacial score (nSPS) is 20.9. The van der Waals surface area contributed by atoms with Gasteiger partial charge in [0.2, 0.25) is 0 Å². The predicted octanol–water partition coefficient (Wildman–Crippen LogP) is 2.65. The Morgan fingerprint density at radius 3 is 2.81 bits per heavy atom. The summed E-state index contributed by atoms with van der Waals surface area (Å²) in [6.45, 7) is 2.94. The fourth-order valence-electron chi connectivity index (χ4n) is 1.96. The lowest BCUT2D eigenvalue weighted by Gasteiger charge is -2.23. The molecular weight excluding hydrogens is 222 g/mol. The molecule has 1 aromatic rings. The second-order valence-corrected chi connectivity index (χ2v) is 4.65. The number of hydrogen-bond donors (Lipinski definition) is 1. The fourth-order valence-corrected chi connectivity index (χ4v) is 2.08. The van der Waals surface area contributed by atoms with Crippen molar-refractivity contribution in [1.29, 1.82) is 0 Å². The summed E-state index contributed by atoms with van der Waals surface area (Å²) in [5, 5.41) is 4.14. The highest BCUT2D eigenvalue weighted by atomic mass is 35.5. The van der Waals surface area contributed by atoms with Crippen molar-refractivity contribution < 1.29 is 4.74 Å². The van der Waals surface area contributed by atoms with Crippen LogP contribution in [0.4, 0.5) is 0 Å². The standard InChI is InChI=1S/C13H18ClNO/c14-12-5-3-11(4-6-12)7-9-16-13-2-1-8-15-10-13/h3-6,13,15H,1-2,7-10H2. The van der Waals surface area contributed by atoms with E-state index >= 15 is 0 Å². The molecule has 88 valence electrons. The largest absolute Gasteiger partial charge is 0.377 e. The van der Waals surface area contributed by atoms with Crippen LogP contribution in [0, 0.1) is 0 Å². The van der Waals surface area contributed by atoms with Crippen LogP contribution in [0.2, 0.25) is 5.02 Å². The molecular formula is C13H18ClNO. The molecule has 1 N–H and O–H groups in total. The quantitative estimate of drug-likeness (QED) is 0.872. The summed E-state index contributed by atoms with van der Waals surface area (Å²) in [6, 6.07) is 7.98. The van der Waals surface area contributed by atoms with Gasteiger partial charge in [0.25, 0.3) is 0 Å². The molecule has 0 radical (unpaired) electrons. The van der Waals surface area contributed by atoms with Crippen LogP contribution in [0.25, 0.3) is 0 Å². The van der Waals surface area contributed by atoms with Gasteiger partial charge in [-0.25, -0.2) is 0 Å². The third-order valence-corrected chi connectivity index (χ3v) is 3.16.